The molecule has 0 aliphatic rings. The number of hydrogen-bond donors (Lipinski definition) is 3. The minimum Gasteiger partial charge on any atom is -0.485 e. The number of hydrogen-bond acceptors (Lipinski definition) is 5. The Balaban J connectivity index is 1.87. The summed E-state index contributed by atoms with van der Waals surface area (Å²) in [6, 6.07) is 16.5. The minimum absolute atomic E-state index is 0.332. The molecule has 1 unspecified atom stereocenters. The van der Waals surface area contributed by atoms with E-state index in [0.717, 1.165) is 12.5 Å². The molecule has 138 valence electrons. The van der Waals surface area contributed by atoms with Crippen LogP contribution >= 0.6 is 0 Å². The molecule has 2 rings (SSSR count). The predicted octanol–water partition coefficient (Wildman–Crippen LogP) is 1.60. The highest BCUT2D eigenvalue weighted by Gasteiger charge is 2.30. The van der Waals surface area contributed by atoms with Gasteiger partial charge in [-0.2, -0.15) is 0 Å². The van der Waals surface area contributed by atoms with Gasteiger partial charge < -0.3 is 25.0 Å². The van der Waals surface area contributed by atoms with Crippen molar-refractivity contribution in [1.29, 1.82) is 0 Å². The van der Waals surface area contributed by atoms with Gasteiger partial charge in [-0.25, -0.2) is 4.79 Å². The first kappa shape index (κ1) is 19.3. The number of carbonyl (C=O) groups excluding carboxylic acids is 1. The maximum atomic E-state index is 11.8. The van der Waals surface area contributed by atoms with Crippen LogP contribution in [0.15, 0.2) is 54.6 Å². The Hall–Kier alpha value is -3.06. The number of nitrogens with one attached hydrogen (secondary N) is 1. The lowest BCUT2D eigenvalue weighted by atomic mass is 10.1. The Kier molecular flexibility index (Phi) is 6.57. The number of para-hydroxylation sites is 2. The Morgan fingerprint density at radius 1 is 1.00 bits per heavy atom. The van der Waals surface area contributed by atoms with Crippen LogP contribution in [0.3, 0.4) is 0 Å². The Bertz CT molecular complexity index is 745. The van der Waals surface area contributed by atoms with Crippen molar-refractivity contribution in [3.63, 3.8) is 0 Å². The van der Waals surface area contributed by atoms with Crippen LogP contribution in [0.25, 0.3) is 0 Å². The fraction of sp³-hybridized carbons (Fsp3) is 0.263. The molecule has 0 saturated carbocycles. The number of carboxylic acids is 1. The van der Waals surface area contributed by atoms with E-state index in [2.05, 4.69) is 5.32 Å². The van der Waals surface area contributed by atoms with E-state index >= 15 is 0 Å². The number of benzene rings is 2. The van der Waals surface area contributed by atoms with Crippen molar-refractivity contribution in [3.05, 3.63) is 60.2 Å². The number of amides is 1. The van der Waals surface area contributed by atoms with Crippen LogP contribution in [0.2, 0.25) is 0 Å². The van der Waals surface area contributed by atoms with E-state index in [1.54, 1.807) is 24.3 Å². The first-order chi connectivity index (χ1) is 12.4. The molecule has 0 aliphatic carbocycles. The minimum atomic E-state index is -2.04. The molecule has 0 heterocycles. The third-order valence-corrected chi connectivity index (χ3v) is 3.54. The Morgan fingerprint density at radius 3 is 2.19 bits per heavy atom. The monoisotopic (exact) mass is 359 g/mol. The van der Waals surface area contributed by atoms with Gasteiger partial charge in [-0.15, -0.1) is 0 Å². The third kappa shape index (κ3) is 5.78. The van der Waals surface area contributed by atoms with Crippen molar-refractivity contribution in [2.24, 2.45) is 0 Å². The third-order valence-electron chi connectivity index (χ3n) is 3.54. The number of carboxylic acid groups (broad SMARTS) is 1. The second-order valence-electron chi connectivity index (χ2n) is 5.87. The summed E-state index contributed by atoms with van der Waals surface area (Å²) in [5.74, 6) is -1.09. The van der Waals surface area contributed by atoms with Gasteiger partial charge in [-0.05, 0) is 24.6 Å². The van der Waals surface area contributed by atoms with E-state index in [9.17, 15) is 14.7 Å². The summed E-state index contributed by atoms with van der Waals surface area (Å²) in [7, 11) is 0. The SMILES string of the molecule is CC(O)(CNC(=O)COc1ccccc1OCc1ccccc1)C(=O)O. The lowest BCUT2D eigenvalue weighted by molar-refractivity contribution is -0.156. The zero-order chi connectivity index (χ0) is 19.0. The van der Waals surface area contributed by atoms with Crippen LogP contribution in [-0.4, -0.2) is 40.8 Å². The van der Waals surface area contributed by atoms with E-state index in [4.69, 9.17) is 14.6 Å². The quantitative estimate of drug-likeness (QED) is 0.628. The molecule has 1 atom stereocenters. The normalized spacial score (nSPS) is 12.7. The molecular weight excluding hydrogens is 338 g/mol. The molecule has 0 spiro atoms. The second kappa shape index (κ2) is 8.87. The van der Waals surface area contributed by atoms with Gasteiger partial charge >= 0.3 is 5.97 Å². The van der Waals surface area contributed by atoms with Gasteiger partial charge in [0.15, 0.2) is 23.7 Å². The average Bonchev–Trinajstić information content (AvgIpc) is 2.64. The van der Waals surface area contributed by atoms with Crippen molar-refractivity contribution in [2.75, 3.05) is 13.2 Å². The van der Waals surface area contributed by atoms with Crippen molar-refractivity contribution in [1.82, 2.24) is 5.32 Å². The molecule has 7 heteroatoms. The van der Waals surface area contributed by atoms with E-state index in [1.807, 2.05) is 30.3 Å². The maximum absolute atomic E-state index is 11.8. The zero-order valence-corrected chi connectivity index (χ0v) is 14.3. The first-order valence-electron chi connectivity index (χ1n) is 7.99. The average molecular weight is 359 g/mol. The van der Waals surface area contributed by atoms with E-state index in [1.165, 1.54) is 0 Å². The Morgan fingerprint density at radius 2 is 1.58 bits per heavy atom. The van der Waals surface area contributed by atoms with Gasteiger partial charge in [-0.1, -0.05) is 42.5 Å². The smallest absolute Gasteiger partial charge is 0.337 e. The molecule has 2 aromatic rings. The molecule has 7 nitrogen and oxygen atoms in total. The highest BCUT2D eigenvalue weighted by atomic mass is 16.5. The summed E-state index contributed by atoms with van der Waals surface area (Å²) in [4.78, 5) is 22.6. The molecule has 0 bridgehead atoms. The summed E-state index contributed by atoms with van der Waals surface area (Å²) in [5, 5.41) is 20.7. The summed E-state index contributed by atoms with van der Waals surface area (Å²) >= 11 is 0. The van der Waals surface area contributed by atoms with Crippen LogP contribution in [0.1, 0.15) is 12.5 Å². The van der Waals surface area contributed by atoms with Gasteiger partial charge in [0.05, 0.1) is 6.54 Å². The number of rotatable bonds is 9. The van der Waals surface area contributed by atoms with Gasteiger partial charge in [0.1, 0.15) is 6.61 Å². The van der Waals surface area contributed by atoms with Crippen LogP contribution in [0.5, 0.6) is 11.5 Å². The van der Waals surface area contributed by atoms with Gasteiger partial charge in [0, 0.05) is 0 Å². The van der Waals surface area contributed by atoms with Crippen molar-refractivity contribution in [2.45, 2.75) is 19.1 Å². The van der Waals surface area contributed by atoms with Gasteiger partial charge in [0.2, 0.25) is 0 Å². The highest BCUT2D eigenvalue weighted by Crippen LogP contribution is 2.27. The lowest BCUT2D eigenvalue weighted by Crippen LogP contribution is -2.47. The molecule has 0 fully saturated rings. The van der Waals surface area contributed by atoms with Crippen molar-refractivity contribution >= 4 is 11.9 Å². The molecule has 0 saturated heterocycles. The van der Waals surface area contributed by atoms with Crippen molar-refractivity contribution < 1.29 is 29.3 Å². The molecule has 1 amide bonds. The second-order valence-corrected chi connectivity index (χ2v) is 5.87. The van der Waals surface area contributed by atoms with Crippen LogP contribution in [0.4, 0.5) is 0 Å². The zero-order valence-electron chi connectivity index (χ0n) is 14.3. The first-order valence-corrected chi connectivity index (χ1v) is 7.99. The molecule has 0 aliphatic heterocycles. The molecular formula is C19H21NO6. The summed E-state index contributed by atoms with van der Waals surface area (Å²) in [5.41, 5.74) is -1.04. The molecule has 2 aromatic carbocycles. The number of ether oxygens (including phenoxy) is 2. The fourth-order valence-corrected chi connectivity index (χ4v) is 1.96. The molecule has 26 heavy (non-hydrogen) atoms. The number of aliphatic hydroxyl groups is 1. The van der Waals surface area contributed by atoms with Crippen LogP contribution in [0, 0.1) is 0 Å². The number of aliphatic carboxylic acids is 1. The highest BCUT2D eigenvalue weighted by molar-refractivity contribution is 5.81. The summed E-state index contributed by atoms with van der Waals surface area (Å²) < 4.78 is 11.2. The van der Waals surface area contributed by atoms with Gasteiger partial charge in [-0.3, -0.25) is 4.79 Å². The maximum Gasteiger partial charge on any atom is 0.337 e. The van der Waals surface area contributed by atoms with Crippen LogP contribution < -0.4 is 14.8 Å². The number of carbonyl (C=O) groups is 2. The standard InChI is InChI=1S/C19H21NO6/c1-19(24,18(22)23)13-20-17(21)12-26-16-10-6-5-9-15(16)25-11-14-7-3-2-4-8-14/h2-10,24H,11-13H2,1H3,(H,20,21)(H,22,23). The van der Waals surface area contributed by atoms with Crippen LogP contribution in [-0.2, 0) is 16.2 Å². The largest absolute Gasteiger partial charge is 0.485 e. The summed E-state index contributed by atoms with van der Waals surface area (Å²) in [6.45, 7) is 0.705. The predicted molar refractivity (Wildman–Crippen MR) is 94.0 cm³/mol. The van der Waals surface area contributed by atoms with E-state index < -0.39 is 24.0 Å². The fourth-order valence-electron chi connectivity index (χ4n) is 1.96. The van der Waals surface area contributed by atoms with Crippen molar-refractivity contribution in [3.8, 4) is 11.5 Å². The molecule has 0 aromatic heterocycles. The lowest BCUT2D eigenvalue weighted by Gasteiger charge is -2.18. The summed E-state index contributed by atoms with van der Waals surface area (Å²) in [6.07, 6.45) is 0. The Labute approximate surface area is 151 Å². The topological polar surface area (TPSA) is 105 Å². The van der Waals surface area contributed by atoms with E-state index in [-0.39, 0.29) is 6.61 Å². The van der Waals surface area contributed by atoms with E-state index in [0.29, 0.717) is 18.1 Å². The molecule has 0 radical (unpaired) electrons. The molecule has 3 N–H and O–H groups in total. The van der Waals surface area contributed by atoms with Gasteiger partial charge in [0.25, 0.3) is 5.91 Å².